The standard InChI is InChI=1S/C31H39N7O7/c1-7-8-16-37-24-26(34-28(37)36-15-11-12-20(17-36)33-29(42)45-31(3,4)5)35(6)30(43)38(27(24)41)18-22(39)21-13-9-10-14-23(21)44-19(2)25(32)40/h9-10,13-14,19-20H,11-12,15-18H2,1-6H3,(H2,32,40)(H,33,42). The zero-order valence-electron chi connectivity index (χ0n) is 26.4. The van der Waals surface area contributed by atoms with Gasteiger partial charge in [0, 0.05) is 26.2 Å². The highest BCUT2D eigenvalue weighted by Gasteiger charge is 2.29. The largest absolute Gasteiger partial charge is 0.480 e. The number of imidazole rings is 1. The number of hydrogen-bond donors (Lipinski definition) is 2. The highest BCUT2D eigenvalue weighted by atomic mass is 16.6. The second-order valence-corrected chi connectivity index (χ2v) is 11.8. The van der Waals surface area contributed by atoms with Crippen LogP contribution in [0.4, 0.5) is 10.7 Å². The van der Waals surface area contributed by atoms with Crippen molar-refractivity contribution in [3.8, 4) is 17.6 Å². The van der Waals surface area contributed by atoms with Gasteiger partial charge in [0.2, 0.25) is 5.95 Å². The Hall–Kier alpha value is -5.06. The van der Waals surface area contributed by atoms with Crippen molar-refractivity contribution in [2.24, 2.45) is 12.8 Å². The fraction of sp³-hybridized carbons (Fsp3) is 0.484. The molecule has 3 N–H and O–H groups in total. The number of primary amides is 1. The van der Waals surface area contributed by atoms with Gasteiger partial charge in [0.1, 0.15) is 11.4 Å². The number of anilines is 1. The van der Waals surface area contributed by atoms with Crippen molar-refractivity contribution < 1.29 is 23.9 Å². The van der Waals surface area contributed by atoms with E-state index in [1.54, 1.807) is 44.4 Å². The first kappa shape index (κ1) is 32.8. The molecule has 0 saturated carbocycles. The molecule has 2 aromatic heterocycles. The number of Topliss-reactive ketones (excluding diaryl/α,β-unsaturated/α-hetero) is 1. The highest BCUT2D eigenvalue weighted by molar-refractivity contribution is 5.98. The van der Waals surface area contributed by atoms with Crippen LogP contribution in [0.15, 0.2) is 33.9 Å². The first-order chi connectivity index (χ1) is 21.2. The topological polar surface area (TPSA) is 173 Å². The molecule has 2 unspecified atom stereocenters. The quantitative estimate of drug-likeness (QED) is 0.266. The number of carbonyl (C=O) groups is 3. The number of fused-ring (bicyclic) bond motifs is 1. The Kier molecular flexibility index (Phi) is 9.70. The molecule has 45 heavy (non-hydrogen) atoms. The minimum atomic E-state index is -1.01. The number of aromatic nitrogens is 4. The number of hydrogen-bond acceptors (Lipinski definition) is 9. The maximum Gasteiger partial charge on any atom is 0.407 e. The molecule has 0 aliphatic carbocycles. The molecule has 1 fully saturated rings. The molecule has 1 aliphatic heterocycles. The van der Waals surface area contributed by atoms with Crippen molar-refractivity contribution >= 4 is 34.9 Å². The summed E-state index contributed by atoms with van der Waals surface area (Å²) in [5.74, 6) is 5.03. The Morgan fingerprint density at radius 1 is 1.18 bits per heavy atom. The molecule has 4 rings (SSSR count). The van der Waals surface area contributed by atoms with Crippen molar-refractivity contribution in [1.29, 1.82) is 0 Å². The van der Waals surface area contributed by atoms with E-state index in [1.807, 2.05) is 4.90 Å². The Morgan fingerprint density at radius 2 is 1.89 bits per heavy atom. The maximum atomic E-state index is 13.9. The molecular weight excluding hydrogens is 582 g/mol. The summed E-state index contributed by atoms with van der Waals surface area (Å²) < 4.78 is 14.7. The molecule has 0 radical (unpaired) electrons. The van der Waals surface area contributed by atoms with E-state index in [0.717, 1.165) is 17.4 Å². The predicted molar refractivity (Wildman–Crippen MR) is 167 cm³/mol. The van der Waals surface area contributed by atoms with Gasteiger partial charge in [-0.05, 0) is 59.6 Å². The number of alkyl carbamates (subject to hydrolysis) is 1. The molecule has 2 atom stereocenters. The van der Waals surface area contributed by atoms with Crippen LogP contribution in [0.25, 0.3) is 11.2 Å². The van der Waals surface area contributed by atoms with Gasteiger partial charge < -0.3 is 25.4 Å². The van der Waals surface area contributed by atoms with Crippen LogP contribution in [0.5, 0.6) is 5.75 Å². The molecule has 240 valence electrons. The first-order valence-electron chi connectivity index (χ1n) is 14.6. The number of nitrogens with zero attached hydrogens (tertiary/aromatic N) is 5. The highest BCUT2D eigenvalue weighted by Crippen LogP contribution is 2.24. The van der Waals surface area contributed by atoms with Crippen LogP contribution in [0, 0.1) is 11.8 Å². The first-order valence-corrected chi connectivity index (χ1v) is 14.6. The van der Waals surface area contributed by atoms with E-state index in [1.165, 1.54) is 30.7 Å². The van der Waals surface area contributed by atoms with Crippen molar-refractivity contribution in [1.82, 2.24) is 24.0 Å². The number of ether oxygens (including phenoxy) is 2. The van der Waals surface area contributed by atoms with Crippen LogP contribution in [-0.2, 0) is 29.7 Å². The molecule has 0 bridgehead atoms. The van der Waals surface area contributed by atoms with E-state index in [9.17, 15) is 24.0 Å². The molecular formula is C31H39N7O7. The molecule has 1 aliphatic rings. The summed E-state index contributed by atoms with van der Waals surface area (Å²) in [6, 6.07) is 5.98. The number of carbonyl (C=O) groups excluding carboxylic acids is 3. The smallest absolute Gasteiger partial charge is 0.407 e. The third-order valence-corrected chi connectivity index (χ3v) is 7.24. The van der Waals surface area contributed by atoms with Crippen LogP contribution in [0.3, 0.4) is 0 Å². The number of rotatable bonds is 9. The van der Waals surface area contributed by atoms with Gasteiger partial charge in [-0.3, -0.25) is 28.1 Å². The van der Waals surface area contributed by atoms with E-state index in [2.05, 4.69) is 17.2 Å². The number of nitrogens with two attached hydrogens (primary N) is 1. The molecule has 3 aromatic rings. The molecule has 2 amide bonds. The zero-order chi connectivity index (χ0) is 33.1. The normalized spacial score (nSPS) is 15.6. The van der Waals surface area contributed by atoms with Gasteiger partial charge in [-0.2, -0.15) is 4.98 Å². The Labute approximate surface area is 260 Å². The fourth-order valence-electron chi connectivity index (χ4n) is 5.08. The summed E-state index contributed by atoms with van der Waals surface area (Å²) in [5.41, 5.74) is 3.57. The van der Waals surface area contributed by atoms with E-state index in [0.29, 0.717) is 19.0 Å². The predicted octanol–water partition coefficient (Wildman–Crippen LogP) is 1.55. The van der Waals surface area contributed by atoms with E-state index >= 15 is 0 Å². The van der Waals surface area contributed by atoms with Gasteiger partial charge in [0.05, 0.1) is 18.7 Å². The second kappa shape index (κ2) is 13.3. The van der Waals surface area contributed by atoms with Crippen molar-refractivity contribution in [3.63, 3.8) is 0 Å². The number of piperidine rings is 1. The van der Waals surface area contributed by atoms with E-state index in [-0.39, 0.29) is 35.1 Å². The minimum Gasteiger partial charge on any atom is -0.480 e. The maximum absolute atomic E-state index is 13.9. The summed E-state index contributed by atoms with van der Waals surface area (Å²) in [6.07, 6.45) is -0.0733. The van der Waals surface area contributed by atoms with Crippen molar-refractivity contribution in [2.45, 2.75) is 78.3 Å². The molecule has 1 saturated heterocycles. The molecule has 14 nitrogen and oxygen atoms in total. The number of nitrogens with one attached hydrogen (secondary N) is 1. The van der Waals surface area contributed by atoms with Gasteiger partial charge >= 0.3 is 11.8 Å². The third kappa shape index (κ3) is 7.36. The summed E-state index contributed by atoms with van der Waals surface area (Å²) in [7, 11) is 1.48. The number of benzene rings is 1. The lowest BCUT2D eigenvalue weighted by Gasteiger charge is -2.34. The molecule has 0 spiro atoms. The number of amides is 2. The Bertz CT molecular complexity index is 1800. The number of para-hydroxylation sites is 1. The fourth-order valence-corrected chi connectivity index (χ4v) is 5.08. The Balaban J connectivity index is 1.73. The van der Waals surface area contributed by atoms with E-state index < -0.39 is 47.3 Å². The van der Waals surface area contributed by atoms with Gasteiger partial charge in [-0.1, -0.05) is 18.1 Å². The average Bonchev–Trinajstić information content (AvgIpc) is 3.36. The lowest BCUT2D eigenvalue weighted by Crippen LogP contribution is -2.49. The monoisotopic (exact) mass is 621 g/mol. The lowest BCUT2D eigenvalue weighted by molar-refractivity contribution is -0.124. The lowest BCUT2D eigenvalue weighted by atomic mass is 10.1. The number of aryl methyl sites for hydroxylation is 1. The molecule has 3 heterocycles. The summed E-state index contributed by atoms with van der Waals surface area (Å²) in [6.45, 7) is 9.00. The van der Waals surface area contributed by atoms with E-state index in [4.69, 9.17) is 20.2 Å². The minimum absolute atomic E-state index is 0.0857. The molecule has 1 aromatic carbocycles. The van der Waals surface area contributed by atoms with Crippen molar-refractivity contribution in [2.75, 3.05) is 18.0 Å². The van der Waals surface area contributed by atoms with Gasteiger partial charge in [0.15, 0.2) is 23.1 Å². The SMILES string of the molecule is CC#CCn1c(N2CCCC(NC(=O)OC(C)(C)C)C2)nc2c1c(=O)n(CC(=O)c1ccccc1OC(C)C(N)=O)c(=O)n2C. The number of ketones is 1. The molecule has 14 heteroatoms. The second-order valence-electron chi connectivity index (χ2n) is 11.8. The summed E-state index contributed by atoms with van der Waals surface area (Å²) >= 11 is 0. The van der Waals surface area contributed by atoms with Crippen molar-refractivity contribution in [3.05, 3.63) is 50.7 Å². The summed E-state index contributed by atoms with van der Waals surface area (Å²) in [5, 5.41) is 2.91. The van der Waals surface area contributed by atoms with Crippen LogP contribution in [0.2, 0.25) is 0 Å². The van der Waals surface area contributed by atoms with Gasteiger partial charge in [-0.25, -0.2) is 9.59 Å². The summed E-state index contributed by atoms with van der Waals surface area (Å²) in [4.78, 5) is 71.5. The zero-order valence-corrected chi connectivity index (χ0v) is 26.4. The van der Waals surface area contributed by atoms with Gasteiger partial charge in [0.25, 0.3) is 11.5 Å². The van der Waals surface area contributed by atoms with Crippen LogP contribution >= 0.6 is 0 Å². The average molecular weight is 622 g/mol. The van der Waals surface area contributed by atoms with Crippen LogP contribution < -0.4 is 31.9 Å². The van der Waals surface area contributed by atoms with Gasteiger partial charge in [-0.15, -0.1) is 5.92 Å². The van der Waals surface area contributed by atoms with Crippen LogP contribution in [0.1, 0.15) is 57.8 Å². The van der Waals surface area contributed by atoms with Crippen LogP contribution in [-0.4, -0.2) is 67.3 Å². The third-order valence-electron chi connectivity index (χ3n) is 7.24. The Morgan fingerprint density at radius 3 is 2.56 bits per heavy atom.